The van der Waals surface area contributed by atoms with Gasteiger partial charge in [0.05, 0.1) is 0 Å². The Labute approximate surface area is 101 Å². The number of aliphatic carboxylic acids is 1. The van der Waals surface area contributed by atoms with E-state index in [0.717, 1.165) is 36.4 Å². The highest BCUT2D eigenvalue weighted by Crippen LogP contribution is 2.38. The van der Waals surface area contributed by atoms with Crippen LogP contribution in [0, 0.1) is 5.92 Å². The molecule has 7 heteroatoms. The molecule has 0 aromatic rings. The fourth-order valence-electron chi connectivity index (χ4n) is 3.19. The van der Waals surface area contributed by atoms with E-state index >= 15 is 0 Å². The van der Waals surface area contributed by atoms with Crippen molar-refractivity contribution in [2.24, 2.45) is 11.1 Å². The molecule has 0 radical (unpaired) electrons. The number of rotatable bonds is 2. The van der Waals surface area contributed by atoms with Gasteiger partial charge in [-0.15, -0.1) is 0 Å². The Balaban J connectivity index is 2.31. The molecule has 3 atom stereocenters. The summed E-state index contributed by atoms with van der Waals surface area (Å²) in [6, 6.07) is -1.20. The quantitative estimate of drug-likeness (QED) is 0.747. The van der Waals surface area contributed by atoms with Gasteiger partial charge in [-0.1, -0.05) is 12.8 Å². The summed E-state index contributed by atoms with van der Waals surface area (Å²) >= 11 is 0. The van der Waals surface area contributed by atoms with Crippen LogP contribution in [0.25, 0.3) is 0 Å². The van der Waals surface area contributed by atoms with Crippen molar-refractivity contribution in [1.82, 2.24) is 4.31 Å². The van der Waals surface area contributed by atoms with Crippen LogP contribution in [0.15, 0.2) is 0 Å². The molecule has 1 heterocycles. The zero-order valence-electron chi connectivity index (χ0n) is 9.58. The van der Waals surface area contributed by atoms with E-state index in [0.29, 0.717) is 6.42 Å². The van der Waals surface area contributed by atoms with Crippen molar-refractivity contribution in [1.29, 1.82) is 0 Å². The summed E-state index contributed by atoms with van der Waals surface area (Å²) in [6.45, 7) is 0. The molecule has 3 unspecified atom stereocenters. The number of piperidine rings is 1. The van der Waals surface area contributed by atoms with Crippen LogP contribution in [0.3, 0.4) is 0 Å². The summed E-state index contributed by atoms with van der Waals surface area (Å²) in [4.78, 5) is 11.1. The van der Waals surface area contributed by atoms with Crippen LogP contribution in [0.5, 0.6) is 0 Å². The average molecular weight is 262 g/mol. The van der Waals surface area contributed by atoms with Gasteiger partial charge in [0.25, 0.3) is 10.2 Å². The van der Waals surface area contributed by atoms with Crippen LogP contribution < -0.4 is 5.14 Å². The lowest BCUT2D eigenvalue weighted by atomic mass is 9.78. The molecule has 1 saturated heterocycles. The third kappa shape index (κ3) is 2.46. The molecule has 2 rings (SSSR count). The molecule has 0 aromatic heterocycles. The molecule has 2 aliphatic rings. The molecule has 17 heavy (non-hydrogen) atoms. The molecule has 3 N–H and O–H groups in total. The standard InChI is InChI=1S/C10H18N2O4S/c11-17(15,16)12-8-4-2-1-3-7(8)5-6-9(12)10(13)14/h7-9H,1-6H2,(H,13,14)(H2,11,15,16). The van der Waals surface area contributed by atoms with E-state index in [9.17, 15) is 13.2 Å². The van der Waals surface area contributed by atoms with Crippen molar-refractivity contribution in [3.05, 3.63) is 0 Å². The van der Waals surface area contributed by atoms with Gasteiger partial charge in [0.1, 0.15) is 6.04 Å². The predicted octanol–water partition coefficient (Wildman–Crippen LogP) is 0.298. The van der Waals surface area contributed by atoms with Gasteiger partial charge in [0.2, 0.25) is 0 Å². The Morgan fingerprint density at radius 3 is 2.41 bits per heavy atom. The number of hydrogen-bond acceptors (Lipinski definition) is 3. The maximum absolute atomic E-state index is 11.6. The normalized spacial score (nSPS) is 35.2. The van der Waals surface area contributed by atoms with Gasteiger partial charge in [-0.3, -0.25) is 4.79 Å². The van der Waals surface area contributed by atoms with E-state index in [1.54, 1.807) is 0 Å². The van der Waals surface area contributed by atoms with Crippen molar-refractivity contribution in [3.8, 4) is 0 Å². The topological polar surface area (TPSA) is 101 Å². The van der Waals surface area contributed by atoms with E-state index in [1.807, 2.05) is 0 Å². The summed E-state index contributed by atoms with van der Waals surface area (Å²) in [6.07, 6.45) is 4.89. The first-order valence-electron chi connectivity index (χ1n) is 5.95. The minimum absolute atomic E-state index is 0.214. The van der Waals surface area contributed by atoms with E-state index in [2.05, 4.69) is 0 Å². The molecule has 0 bridgehead atoms. The second kappa shape index (κ2) is 4.55. The number of carbonyl (C=O) groups is 1. The summed E-state index contributed by atoms with van der Waals surface area (Å²) < 4.78 is 24.2. The molecule has 1 aliphatic carbocycles. The first-order valence-corrected chi connectivity index (χ1v) is 7.45. The maximum atomic E-state index is 11.6. The SMILES string of the molecule is NS(=O)(=O)N1C(C(=O)O)CCC2CCCCC21. The summed E-state index contributed by atoms with van der Waals surface area (Å²) in [5.41, 5.74) is 0. The van der Waals surface area contributed by atoms with Crippen LogP contribution in [-0.4, -0.2) is 35.9 Å². The molecule has 0 amide bonds. The highest BCUT2D eigenvalue weighted by Gasteiger charge is 2.46. The molecular weight excluding hydrogens is 244 g/mol. The van der Waals surface area contributed by atoms with Crippen LogP contribution in [0.1, 0.15) is 38.5 Å². The van der Waals surface area contributed by atoms with Crippen molar-refractivity contribution in [2.45, 2.75) is 50.6 Å². The third-order valence-corrected chi connectivity index (χ3v) is 5.01. The molecule has 0 spiro atoms. The number of carboxylic acid groups (broad SMARTS) is 1. The molecule has 1 saturated carbocycles. The van der Waals surface area contributed by atoms with Crippen LogP contribution in [0.4, 0.5) is 0 Å². The highest BCUT2D eigenvalue weighted by molar-refractivity contribution is 7.86. The van der Waals surface area contributed by atoms with Crippen molar-refractivity contribution < 1.29 is 18.3 Å². The zero-order valence-corrected chi connectivity index (χ0v) is 10.4. The summed E-state index contributed by atoms with van der Waals surface area (Å²) in [5.74, 6) is -0.819. The Kier molecular flexibility index (Phi) is 3.42. The van der Waals surface area contributed by atoms with E-state index < -0.39 is 22.2 Å². The van der Waals surface area contributed by atoms with Crippen molar-refractivity contribution >= 4 is 16.2 Å². The van der Waals surface area contributed by atoms with E-state index in [1.165, 1.54) is 0 Å². The Morgan fingerprint density at radius 2 is 1.82 bits per heavy atom. The van der Waals surface area contributed by atoms with E-state index in [-0.39, 0.29) is 12.0 Å². The molecule has 1 aliphatic heterocycles. The van der Waals surface area contributed by atoms with Crippen LogP contribution in [0.2, 0.25) is 0 Å². The molecular formula is C10H18N2O4S. The molecule has 0 aromatic carbocycles. The Hall–Kier alpha value is -0.660. The number of nitrogens with two attached hydrogens (primary N) is 1. The smallest absolute Gasteiger partial charge is 0.322 e. The Morgan fingerprint density at radius 1 is 1.18 bits per heavy atom. The van der Waals surface area contributed by atoms with Gasteiger partial charge in [0, 0.05) is 6.04 Å². The number of nitrogens with zero attached hydrogens (tertiary/aromatic N) is 1. The first kappa shape index (κ1) is 12.8. The van der Waals surface area contributed by atoms with Gasteiger partial charge in [-0.05, 0) is 31.6 Å². The highest BCUT2D eigenvalue weighted by atomic mass is 32.2. The van der Waals surface area contributed by atoms with Gasteiger partial charge < -0.3 is 5.11 Å². The van der Waals surface area contributed by atoms with Crippen molar-refractivity contribution in [3.63, 3.8) is 0 Å². The lowest BCUT2D eigenvalue weighted by Crippen LogP contribution is -2.59. The average Bonchev–Trinajstić information content (AvgIpc) is 2.26. The first-order chi connectivity index (χ1) is 7.91. The number of carboxylic acids is 1. The fraction of sp³-hybridized carbons (Fsp3) is 0.900. The van der Waals surface area contributed by atoms with Gasteiger partial charge in [-0.25, -0.2) is 5.14 Å². The van der Waals surface area contributed by atoms with Gasteiger partial charge >= 0.3 is 5.97 Å². The minimum atomic E-state index is -3.94. The number of hydrogen-bond donors (Lipinski definition) is 2. The minimum Gasteiger partial charge on any atom is -0.480 e. The maximum Gasteiger partial charge on any atom is 0.322 e. The second-order valence-electron chi connectivity index (χ2n) is 4.92. The predicted molar refractivity (Wildman–Crippen MR) is 61.4 cm³/mol. The summed E-state index contributed by atoms with van der Waals surface area (Å²) in [5, 5.41) is 14.3. The lowest BCUT2D eigenvalue weighted by molar-refractivity contribution is -0.144. The third-order valence-electron chi connectivity index (χ3n) is 3.89. The van der Waals surface area contributed by atoms with Crippen LogP contribution >= 0.6 is 0 Å². The largest absolute Gasteiger partial charge is 0.480 e. The van der Waals surface area contributed by atoms with Gasteiger partial charge in [0.15, 0.2) is 0 Å². The lowest BCUT2D eigenvalue weighted by Gasteiger charge is -2.45. The van der Waals surface area contributed by atoms with Crippen molar-refractivity contribution in [2.75, 3.05) is 0 Å². The number of fused-ring (bicyclic) bond motifs is 1. The second-order valence-corrected chi connectivity index (χ2v) is 6.37. The fourth-order valence-corrected chi connectivity index (χ4v) is 4.39. The Bertz CT molecular complexity index is 409. The monoisotopic (exact) mass is 262 g/mol. The summed E-state index contributed by atoms with van der Waals surface area (Å²) in [7, 11) is -3.94. The van der Waals surface area contributed by atoms with Crippen LogP contribution in [-0.2, 0) is 15.0 Å². The van der Waals surface area contributed by atoms with Gasteiger partial charge in [-0.2, -0.15) is 12.7 Å². The van der Waals surface area contributed by atoms with E-state index in [4.69, 9.17) is 10.2 Å². The molecule has 2 fully saturated rings. The molecule has 98 valence electrons. The molecule has 6 nitrogen and oxygen atoms in total. The zero-order chi connectivity index (χ0) is 12.6.